The first-order valence-electron chi connectivity index (χ1n) is 11.2. The zero-order valence-electron chi connectivity index (χ0n) is 19.5. The lowest BCUT2D eigenvalue weighted by Gasteiger charge is -2.27. The number of ether oxygens (including phenoxy) is 2. The van der Waals surface area contributed by atoms with Crippen LogP contribution in [0.3, 0.4) is 0 Å². The molecule has 34 heavy (non-hydrogen) atoms. The van der Waals surface area contributed by atoms with Gasteiger partial charge in [-0.1, -0.05) is 29.8 Å². The van der Waals surface area contributed by atoms with E-state index >= 15 is 0 Å². The van der Waals surface area contributed by atoms with E-state index < -0.39 is 0 Å². The molecule has 1 aliphatic rings. The average molecular weight is 458 g/mol. The van der Waals surface area contributed by atoms with Crippen LogP contribution < -0.4 is 15.1 Å². The van der Waals surface area contributed by atoms with Crippen molar-refractivity contribution in [1.29, 1.82) is 0 Å². The first-order valence-corrected chi connectivity index (χ1v) is 11.2. The molecule has 5 rings (SSSR count). The van der Waals surface area contributed by atoms with Crippen LogP contribution in [-0.2, 0) is 4.74 Å². The highest BCUT2D eigenvalue weighted by molar-refractivity contribution is 5.87. The van der Waals surface area contributed by atoms with Crippen molar-refractivity contribution in [2.24, 2.45) is 5.10 Å². The van der Waals surface area contributed by atoms with Gasteiger partial charge in [0, 0.05) is 18.8 Å². The average Bonchev–Trinajstić information content (AvgIpc) is 3.20. The van der Waals surface area contributed by atoms with Crippen LogP contribution in [0.2, 0.25) is 0 Å². The van der Waals surface area contributed by atoms with Crippen molar-refractivity contribution in [2.45, 2.75) is 13.8 Å². The number of aromatic nitrogens is 4. The molecule has 9 heteroatoms. The number of hydrogen-bond acceptors (Lipinski definition) is 8. The number of rotatable bonds is 6. The van der Waals surface area contributed by atoms with E-state index in [0.717, 1.165) is 35.9 Å². The van der Waals surface area contributed by atoms with Gasteiger partial charge in [-0.2, -0.15) is 15.1 Å². The standard InChI is InChI=1S/C25H27N7O2/c1-17-5-4-6-19(15-17)16-26-30-23-22-24(29-25(28-23)31-11-13-34-14-12-31)32(18(2)27-22)20-7-9-21(33-3)10-8-20/h4-10,15-16H,11-14H2,1-3H3,(H,28,29,30). The molecule has 0 spiro atoms. The molecular weight excluding hydrogens is 430 g/mol. The Morgan fingerprint density at radius 2 is 1.82 bits per heavy atom. The smallest absolute Gasteiger partial charge is 0.229 e. The number of hydrazone groups is 1. The normalized spacial score (nSPS) is 14.1. The van der Waals surface area contributed by atoms with Gasteiger partial charge >= 0.3 is 0 Å². The summed E-state index contributed by atoms with van der Waals surface area (Å²) in [6.07, 6.45) is 1.78. The summed E-state index contributed by atoms with van der Waals surface area (Å²) in [5.41, 5.74) is 7.61. The maximum Gasteiger partial charge on any atom is 0.229 e. The van der Waals surface area contributed by atoms with Crippen LogP contribution in [0.5, 0.6) is 5.75 Å². The molecule has 0 saturated carbocycles. The van der Waals surface area contributed by atoms with Crippen molar-refractivity contribution >= 4 is 29.1 Å². The Kier molecular flexibility index (Phi) is 6.09. The van der Waals surface area contributed by atoms with Crippen molar-refractivity contribution in [1.82, 2.24) is 19.5 Å². The fourth-order valence-corrected chi connectivity index (χ4v) is 4.00. The molecule has 4 aromatic rings. The van der Waals surface area contributed by atoms with Crippen molar-refractivity contribution in [3.05, 3.63) is 65.5 Å². The monoisotopic (exact) mass is 457 g/mol. The highest BCUT2D eigenvalue weighted by Gasteiger charge is 2.21. The Hall–Kier alpha value is -3.98. The van der Waals surface area contributed by atoms with Gasteiger partial charge in [0.25, 0.3) is 0 Å². The van der Waals surface area contributed by atoms with Gasteiger partial charge in [0.1, 0.15) is 11.6 Å². The van der Waals surface area contributed by atoms with Gasteiger partial charge in [-0.05, 0) is 43.7 Å². The minimum Gasteiger partial charge on any atom is -0.497 e. The summed E-state index contributed by atoms with van der Waals surface area (Å²) in [5.74, 6) is 2.78. The van der Waals surface area contributed by atoms with Gasteiger partial charge in [-0.3, -0.25) is 9.99 Å². The Morgan fingerprint density at radius 1 is 1.03 bits per heavy atom. The van der Waals surface area contributed by atoms with E-state index in [1.165, 1.54) is 5.56 Å². The predicted octanol–water partition coefficient (Wildman–Crippen LogP) is 3.72. The van der Waals surface area contributed by atoms with Crippen LogP contribution in [0, 0.1) is 13.8 Å². The number of fused-ring (bicyclic) bond motifs is 1. The lowest BCUT2D eigenvalue weighted by molar-refractivity contribution is 0.122. The lowest BCUT2D eigenvalue weighted by Crippen LogP contribution is -2.37. The molecule has 1 aliphatic heterocycles. The van der Waals surface area contributed by atoms with E-state index in [2.05, 4.69) is 34.5 Å². The van der Waals surface area contributed by atoms with Crippen LogP contribution in [0.25, 0.3) is 16.9 Å². The second-order valence-electron chi connectivity index (χ2n) is 8.12. The fourth-order valence-electron chi connectivity index (χ4n) is 4.00. The van der Waals surface area contributed by atoms with Gasteiger partial charge in [0.15, 0.2) is 17.0 Å². The molecular formula is C25H27N7O2. The Balaban J connectivity index is 1.58. The largest absolute Gasteiger partial charge is 0.497 e. The van der Waals surface area contributed by atoms with Gasteiger partial charge < -0.3 is 14.4 Å². The van der Waals surface area contributed by atoms with E-state index in [1.807, 2.05) is 47.9 Å². The van der Waals surface area contributed by atoms with Gasteiger partial charge in [-0.15, -0.1) is 0 Å². The highest BCUT2D eigenvalue weighted by atomic mass is 16.5. The number of aryl methyl sites for hydroxylation is 2. The summed E-state index contributed by atoms with van der Waals surface area (Å²) in [5, 5.41) is 4.45. The Labute approximate surface area is 198 Å². The molecule has 0 radical (unpaired) electrons. The van der Waals surface area contributed by atoms with E-state index in [1.54, 1.807) is 13.3 Å². The Morgan fingerprint density at radius 3 is 2.56 bits per heavy atom. The van der Waals surface area contributed by atoms with Crippen LogP contribution in [0.4, 0.5) is 11.8 Å². The predicted molar refractivity (Wildman–Crippen MR) is 133 cm³/mol. The van der Waals surface area contributed by atoms with Gasteiger partial charge in [-0.25, -0.2) is 4.98 Å². The highest BCUT2D eigenvalue weighted by Crippen LogP contribution is 2.28. The van der Waals surface area contributed by atoms with E-state index in [0.29, 0.717) is 36.1 Å². The maximum absolute atomic E-state index is 5.52. The number of methoxy groups -OCH3 is 1. The summed E-state index contributed by atoms with van der Waals surface area (Å²) >= 11 is 0. The van der Waals surface area contributed by atoms with Gasteiger partial charge in [0.05, 0.1) is 26.5 Å². The molecule has 0 amide bonds. The SMILES string of the molecule is COc1ccc(-n2c(C)nc3c(NN=Cc4cccc(C)c4)nc(N4CCOCC4)nc32)cc1. The number of morpholine rings is 1. The third-order valence-electron chi connectivity index (χ3n) is 5.71. The molecule has 2 aromatic carbocycles. The second kappa shape index (κ2) is 9.48. The third-order valence-corrected chi connectivity index (χ3v) is 5.71. The number of hydrogen-bond donors (Lipinski definition) is 1. The van der Waals surface area contributed by atoms with Crippen LogP contribution in [-0.4, -0.2) is 59.1 Å². The van der Waals surface area contributed by atoms with Crippen LogP contribution in [0.1, 0.15) is 17.0 Å². The number of anilines is 2. The van der Waals surface area contributed by atoms with Gasteiger partial charge in [0.2, 0.25) is 5.95 Å². The molecule has 1 N–H and O–H groups in total. The second-order valence-corrected chi connectivity index (χ2v) is 8.12. The first-order chi connectivity index (χ1) is 16.6. The molecule has 0 atom stereocenters. The molecule has 1 saturated heterocycles. The number of nitrogens with one attached hydrogen (secondary N) is 1. The van der Waals surface area contributed by atoms with Crippen LogP contribution in [0.15, 0.2) is 53.6 Å². The van der Waals surface area contributed by atoms with Crippen molar-refractivity contribution in [3.63, 3.8) is 0 Å². The van der Waals surface area contributed by atoms with E-state index in [9.17, 15) is 0 Å². The summed E-state index contributed by atoms with van der Waals surface area (Å²) < 4.78 is 12.9. The van der Waals surface area contributed by atoms with E-state index in [4.69, 9.17) is 24.4 Å². The molecule has 0 bridgehead atoms. The molecule has 9 nitrogen and oxygen atoms in total. The summed E-state index contributed by atoms with van der Waals surface area (Å²) in [6, 6.07) is 16.0. The minimum atomic E-state index is 0.561. The molecule has 3 heterocycles. The number of benzene rings is 2. The van der Waals surface area contributed by atoms with E-state index in [-0.39, 0.29) is 0 Å². The zero-order valence-corrected chi connectivity index (χ0v) is 19.5. The van der Waals surface area contributed by atoms with Crippen molar-refractivity contribution in [2.75, 3.05) is 43.7 Å². The number of imidazole rings is 1. The quantitative estimate of drug-likeness (QED) is 0.349. The molecule has 174 valence electrons. The lowest BCUT2D eigenvalue weighted by atomic mass is 10.2. The summed E-state index contributed by atoms with van der Waals surface area (Å²) in [7, 11) is 1.66. The summed E-state index contributed by atoms with van der Waals surface area (Å²) in [6.45, 7) is 6.77. The first kappa shape index (κ1) is 21.8. The minimum absolute atomic E-state index is 0.561. The molecule has 2 aromatic heterocycles. The summed E-state index contributed by atoms with van der Waals surface area (Å²) in [4.78, 5) is 16.6. The van der Waals surface area contributed by atoms with Crippen molar-refractivity contribution in [3.8, 4) is 11.4 Å². The zero-order chi connectivity index (χ0) is 23.5. The maximum atomic E-state index is 5.52. The topological polar surface area (TPSA) is 89.7 Å². The van der Waals surface area contributed by atoms with Crippen LogP contribution >= 0.6 is 0 Å². The fraction of sp³-hybridized carbons (Fsp3) is 0.280. The third kappa shape index (κ3) is 4.42. The molecule has 0 unspecified atom stereocenters. The Bertz CT molecular complexity index is 1330. The van der Waals surface area contributed by atoms with Crippen molar-refractivity contribution < 1.29 is 9.47 Å². The molecule has 1 fully saturated rings. The molecule has 0 aliphatic carbocycles. The number of nitrogens with zero attached hydrogens (tertiary/aromatic N) is 6.